The first kappa shape index (κ1) is 15.4. The number of rotatable bonds is 6. The summed E-state index contributed by atoms with van der Waals surface area (Å²) in [4.78, 5) is 1.70. The minimum absolute atomic E-state index is 0.00860. The smallest absolute Gasteiger partial charge is 0.409 e. The molecule has 0 radical (unpaired) electrons. The Hall–Kier alpha value is -0.630. The molecule has 0 aliphatic carbocycles. The van der Waals surface area contributed by atoms with E-state index >= 15 is 0 Å². The molecule has 0 amide bonds. The van der Waals surface area contributed by atoms with Gasteiger partial charge in [0.05, 0.1) is 6.54 Å². The molecule has 0 aromatic carbocycles. The van der Waals surface area contributed by atoms with Gasteiger partial charge >= 0.3 is 5.51 Å². The molecule has 0 atom stereocenters. The van der Waals surface area contributed by atoms with Crippen molar-refractivity contribution < 1.29 is 18.4 Å². The van der Waals surface area contributed by atoms with Crippen LogP contribution in [0.5, 0.6) is 0 Å². The highest BCUT2D eigenvalue weighted by molar-refractivity contribution is 8.00. The molecule has 0 rings (SSSR count). The Kier molecular flexibility index (Phi) is 6.58. The maximum absolute atomic E-state index is 11.9. The van der Waals surface area contributed by atoms with Crippen LogP contribution in [0, 0.1) is 0 Å². The molecule has 0 aliphatic rings. The second-order valence-electron chi connectivity index (χ2n) is 3.45. The second kappa shape index (κ2) is 6.85. The molecule has 0 saturated carbocycles. The zero-order valence-corrected chi connectivity index (χ0v) is 9.98. The molecule has 4 nitrogen and oxygen atoms in total. The molecule has 0 saturated heterocycles. The molecule has 0 aromatic rings. The van der Waals surface area contributed by atoms with Gasteiger partial charge in [0.15, 0.2) is 5.84 Å². The molecule has 0 aromatic heterocycles. The Balaban J connectivity index is 4.05. The molecule has 0 spiro atoms. The number of thioether (sulfide) groups is 1. The lowest BCUT2D eigenvalue weighted by atomic mass is 10.3. The maximum Gasteiger partial charge on any atom is 0.441 e. The van der Waals surface area contributed by atoms with E-state index < -0.39 is 5.51 Å². The monoisotopic (exact) mass is 259 g/mol. The Morgan fingerprint density at radius 2 is 2.06 bits per heavy atom. The van der Waals surface area contributed by atoms with Crippen LogP contribution in [0.25, 0.3) is 0 Å². The third-order valence-corrected chi connectivity index (χ3v) is 2.58. The fourth-order valence-corrected chi connectivity index (χ4v) is 1.60. The Labute approximate surface area is 96.7 Å². The number of nitrogens with zero attached hydrogens (tertiary/aromatic N) is 2. The lowest BCUT2D eigenvalue weighted by Crippen LogP contribution is -2.40. The number of alkyl halides is 3. The summed E-state index contributed by atoms with van der Waals surface area (Å²) >= 11 is -0.0709. The van der Waals surface area contributed by atoms with Crippen LogP contribution in [0.1, 0.15) is 13.8 Å². The van der Waals surface area contributed by atoms with E-state index in [0.717, 1.165) is 0 Å². The number of halogens is 3. The third-order valence-electron chi connectivity index (χ3n) is 1.87. The molecule has 0 bridgehead atoms. The number of hydrogen-bond acceptors (Lipinski definition) is 4. The van der Waals surface area contributed by atoms with Crippen LogP contribution in [0.3, 0.4) is 0 Å². The summed E-state index contributed by atoms with van der Waals surface area (Å²) in [5, 5.41) is 11.2. The highest BCUT2D eigenvalue weighted by Crippen LogP contribution is 2.29. The number of amidine groups is 1. The van der Waals surface area contributed by atoms with Gasteiger partial charge in [-0.1, -0.05) is 5.16 Å². The van der Waals surface area contributed by atoms with Crippen molar-refractivity contribution in [1.82, 2.24) is 4.90 Å². The van der Waals surface area contributed by atoms with E-state index in [9.17, 15) is 13.2 Å². The first-order valence-electron chi connectivity index (χ1n) is 4.67. The van der Waals surface area contributed by atoms with Gasteiger partial charge in [0.2, 0.25) is 0 Å². The van der Waals surface area contributed by atoms with Gasteiger partial charge < -0.3 is 10.9 Å². The van der Waals surface area contributed by atoms with Gasteiger partial charge in [-0.25, -0.2) is 0 Å². The Morgan fingerprint density at radius 1 is 1.50 bits per heavy atom. The topological polar surface area (TPSA) is 61.8 Å². The van der Waals surface area contributed by atoms with E-state index in [0.29, 0.717) is 0 Å². The van der Waals surface area contributed by atoms with Gasteiger partial charge in [-0.3, -0.25) is 4.90 Å². The highest BCUT2D eigenvalue weighted by Gasteiger charge is 2.28. The van der Waals surface area contributed by atoms with Gasteiger partial charge in [-0.2, -0.15) is 13.2 Å². The second-order valence-corrected chi connectivity index (χ2v) is 4.61. The van der Waals surface area contributed by atoms with E-state index in [1.54, 1.807) is 4.90 Å². The lowest BCUT2D eigenvalue weighted by molar-refractivity contribution is -0.0329. The zero-order chi connectivity index (χ0) is 12.8. The molecular formula is C8H16F3N3OS. The number of oxime groups is 1. The van der Waals surface area contributed by atoms with E-state index in [-0.39, 0.29) is 42.5 Å². The average Bonchev–Trinajstić information content (AvgIpc) is 2.13. The molecule has 96 valence electrons. The van der Waals surface area contributed by atoms with Crippen molar-refractivity contribution in [3.8, 4) is 0 Å². The maximum atomic E-state index is 11.9. The zero-order valence-electron chi connectivity index (χ0n) is 9.16. The van der Waals surface area contributed by atoms with Crippen LogP contribution in [0.2, 0.25) is 0 Å². The van der Waals surface area contributed by atoms with Crippen molar-refractivity contribution in [2.45, 2.75) is 25.4 Å². The van der Waals surface area contributed by atoms with E-state index in [1.807, 2.05) is 13.8 Å². The van der Waals surface area contributed by atoms with Crippen LogP contribution in [0.15, 0.2) is 5.16 Å². The van der Waals surface area contributed by atoms with Crippen molar-refractivity contribution in [2.75, 3.05) is 18.8 Å². The van der Waals surface area contributed by atoms with Gasteiger partial charge in [-0.15, -0.1) is 0 Å². The van der Waals surface area contributed by atoms with Crippen LogP contribution in [-0.4, -0.2) is 46.3 Å². The summed E-state index contributed by atoms with van der Waals surface area (Å²) < 4.78 is 35.7. The van der Waals surface area contributed by atoms with Crippen molar-refractivity contribution in [1.29, 1.82) is 0 Å². The summed E-state index contributed by atoms with van der Waals surface area (Å²) in [5.41, 5.74) is 1.09. The molecule has 16 heavy (non-hydrogen) atoms. The Bertz CT molecular complexity index is 233. The summed E-state index contributed by atoms with van der Waals surface area (Å²) in [6, 6.07) is 0.0362. The summed E-state index contributed by atoms with van der Waals surface area (Å²) in [5.74, 6) is -0.0777. The quantitative estimate of drug-likeness (QED) is 0.330. The normalized spacial score (nSPS) is 13.8. The summed E-state index contributed by atoms with van der Waals surface area (Å²) in [6.07, 6.45) is 0. The van der Waals surface area contributed by atoms with Crippen LogP contribution >= 0.6 is 11.8 Å². The van der Waals surface area contributed by atoms with Gasteiger partial charge in [-0.05, 0) is 25.6 Å². The SMILES string of the molecule is CC(C)N(CCSC(F)(F)F)CC(N)=NO. The van der Waals surface area contributed by atoms with Crippen molar-refractivity contribution in [2.24, 2.45) is 10.9 Å². The predicted octanol–water partition coefficient (Wildman–Crippen LogP) is 1.70. The largest absolute Gasteiger partial charge is 0.441 e. The van der Waals surface area contributed by atoms with Crippen molar-refractivity contribution in [3.63, 3.8) is 0 Å². The van der Waals surface area contributed by atoms with Gasteiger partial charge in [0.25, 0.3) is 0 Å². The molecular weight excluding hydrogens is 243 g/mol. The molecule has 0 aliphatic heterocycles. The van der Waals surface area contributed by atoms with Gasteiger partial charge in [0, 0.05) is 18.3 Å². The van der Waals surface area contributed by atoms with E-state index in [4.69, 9.17) is 10.9 Å². The summed E-state index contributed by atoms with van der Waals surface area (Å²) in [7, 11) is 0. The van der Waals surface area contributed by atoms with Crippen molar-refractivity contribution in [3.05, 3.63) is 0 Å². The molecule has 0 fully saturated rings. The minimum Gasteiger partial charge on any atom is -0.409 e. The lowest BCUT2D eigenvalue weighted by Gasteiger charge is -2.25. The van der Waals surface area contributed by atoms with E-state index in [2.05, 4.69) is 5.16 Å². The molecule has 3 N–H and O–H groups in total. The average molecular weight is 259 g/mol. The Morgan fingerprint density at radius 3 is 2.44 bits per heavy atom. The third kappa shape index (κ3) is 7.63. The highest BCUT2D eigenvalue weighted by atomic mass is 32.2. The van der Waals surface area contributed by atoms with Crippen LogP contribution < -0.4 is 5.73 Å². The van der Waals surface area contributed by atoms with E-state index in [1.165, 1.54) is 0 Å². The van der Waals surface area contributed by atoms with Gasteiger partial charge in [0.1, 0.15) is 0 Å². The number of nitrogens with two attached hydrogens (primary N) is 1. The van der Waals surface area contributed by atoms with Crippen LogP contribution in [-0.2, 0) is 0 Å². The minimum atomic E-state index is -4.21. The first-order valence-corrected chi connectivity index (χ1v) is 5.66. The van der Waals surface area contributed by atoms with Crippen molar-refractivity contribution >= 4 is 17.6 Å². The standard InChI is InChI=1S/C8H16F3N3OS/c1-6(2)14(5-7(12)13-15)3-4-16-8(9,10)11/h6,15H,3-5H2,1-2H3,(H2,12,13). The predicted molar refractivity (Wildman–Crippen MR) is 58.6 cm³/mol. The fourth-order valence-electron chi connectivity index (χ4n) is 1.04. The number of hydrogen-bond donors (Lipinski definition) is 2. The fraction of sp³-hybridized carbons (Fsp3) is 0.875. The molecule has 0 heterocycles. The molecule has 0 unspecified atom stereocenters. The first-order chi connectivity index (χ1) is 7.26. The molecule has 8 heteroatoms. The summed E-state index contributed by atoms with van der Waals surface area (Å²) in [6.45, 7) is 4.07. The van der Waals surface area contributed by atoms with Crippen LogP contribution in [0.4, 0.5) is 13.2 Å².